The molecule has 1 atom stereocenters. The molecule has 0 radical (unpaired) electrons. The van der Waals surface area contributed by atoms with Crippen molar-refractivity contribution in [2.24, 2.45) is 7.05 Å². The van der Waals surface area contributed by atoms with Crippen LogP contribution in [0, 0.1) is 0 Å². The number of hydroxylamine groups is 1. The predicted molar refractivity (Wildman–Crippen MR) is 124 cm³/mol. The van der Waals surface area contributed by atoms with E-state index < -0.39 is 24.1 Å². The average molecular weight is 480 g/mol. The molecule has 2 aromatic carbocycles. The highest BCUT2D eigenvalue weighted by molar-refractivity contribution is 6.00. The fourth-order valence-corrected chi connectivity index (χ4v) is 4.02. The molecule has 1 aliphatic rings. The molecule has 0 saturated carbocycles. The van der Waals surface area contributed by atoms with E-state index in [-0.39, 0.29) is 30.5 Å². The summed E-state index contributed by atoms with van der Waals surface area (Å²) in [6, 6.07) is 15.9. The van der Waals surface area contributed by atoms with Gasteiger partial charge in [-0.3, -0.25) is 19.6 Å². The highest BCUT2D eigenvalue weighted by Crippen LogP contribution is 2.44. The second-order valence-corrected chi connectivity index (χ2v) is 7.81. The number of hydrogen-bond acceptors (Lipinski definition) is 7. The number of aliphatic carboxylic acids is 1. The molecule has 1 heterocycles. The molecule has 11 heteroatoms. The van der Waals surface area contributed by atoms with E-state index in [9.17, 15) is 14.4 Å². The van der Waals surface area contributed by atoms with Crippen LogP contribution in [0.15, 0.2) is 54.7 Å². The molecule has 11 nitrogen and oxygen atoms in total. The van der Waals surface area contributed by atoms with E-state index in [1.165, 1.54) is 25.0 Å². The summed E-state index contributed by atoms with van der Waals surface area (Å²) in [6.45, 7) is -0.173. The SMILES string of the molecule is COCC(ONC(=O)c1c(NC(=O)OCC2c3ccccc3-c3ccccc32)cnn1C)C(=O)O. The highest BCUT2D eigenvalue weighted by Gasteiger charge is 2.29. The number of nitrogens with zero attached hydrogens (tertiary/aromatic N) is 2. The van der Waals surface area contributed by atoms with E-state index in [2.05, 4.69) is 15.9 Å². The third kappa shape index (κ3) is 5.00. The zero-order valence-corrected chi connectivity index (χ0v) is 19.1. The third-order valence-corrected chi connectivity index (χ3v) is 5.62. The van der Waals surface area contributed by atoms with E-state index in [1.54, 1.807) is 0 Å². The summed E-state index contributed by atoms with van der Waals surface area (Å²) in [4.78, 5) is 41.2. The van der Waals surface area contributed by atoms with E-state index in [1.807, 2.05) is 48.5 Å². The van der Waals surface area contributed by atoms with Gasteiger partial charge in [0.1, 0.15) is 6.61 Å². The van der Waals surface area contributed by atoms with Gasteiger partial charge in [-0.2, -0.15) is 5.10 Å². The number of nitrogens with one attached hydrogen (secondary N) is 2. The first-order valence-corrected chi connectivity index (χ1v) is 10.7. The van der Waals surface area contributed by atoms with Gasteiger partial charge < -0.3 is 14.6 Å². The maximum atomic E-state index is 12.6. The van der Waals surface area contributed by atoms with Gasteiger partial charge in [-0.15, -0.1) is 0 Å². The molecule has 2 amide bonds. The first kappa shape index (κ1) is 23.9. The number of amides is 2. The monoisotopic (exact) mass is 480 g/mol. The summed E-state index contributed by atoms with van der Waals surface area (Å²) in [5.41, 5.74) is 6.43. The molecule has 0 saturated heterocycles. The second kappa shape index (κ2) is 10.4. The number of hydrogen-bond donors (Lipinski definition) is 3. The van der Waals surface area contributed by atoms with Crippen LogP contribution in [0.4, 0.5) is 10.5 Å². The molecule has 0 fully saturated rings. The number of fused-ring (bicyclic) bond motifs is 3. The highest BCUT2D eigenvalue weighted by atomic mass is 16.7. The van der Waals surface area contributed by atoms with Gasteiger partial charge in [-0.05, 0) is 22.3 Å². The topological polar surface area (TPSA) is 141 Å². The van der Waals surface area contributed by atoms with E-state index in [0.29, 0.717) is 0 Å². The number of benzene rings is 2. The standard InChI is InChI=1S/C24H24N4O7/c1-28-21(22(29)27-35-20(13-33-2)23(30)31)19(11-25-28)26-24(32)34-12-18-16-9-5-3-7-14(16)15-8-4-6-10-17(15)18/h3-11,18,20H,12-13H2,1-2H3,(H,26,32)(H,27,29)(H,30,31). The van der Waals surface area contributed by atoms with Crippen LogP contribution in [0.5, 0.6) is 0 Å². The molecule has 3 N–H and O–H groups in total. The van der Waals surface area contributed by atoms with Gasteiger partial charge in [0.2, 0.25) is 6.10 Å². The molecule has 1 aliphatic carbocycles. The number of aryl methyl sites for hydroxylation is 1. The summed E-state index contributed by atoms with van der Waals surface area (Å²) in [5, 5.41) is 15.6. The quantitative estimate of drug-likeness (QED) is 0.397. The van der Waals surface area contributed by atoms with Crippen LogP contribution in [0.1, 0.15) is 27.5 Å². The Hall–Kier alpha value is -4.22. The minimum atomic E-state index is -1.41. The van der Waals surface area contributed by atoms with Gasteiger partial charge in [0, 0.05) is 20.1 Å². The van der Waals surface area contributed by atoms with Gasteiger partial charge in [-0.1, -0.05) is 48.5 Å². The molecule has 1 aromatic heterocycles. The molecular weight excluding hydrogens is 456 g/mol. The van der Waals surface area contributed by atoms with Crippen molar-refractivity contribution < 1.29 is 33.8 Å². The number of ether oxygens (including phenoxy) is 2. The van der Waals surface area contributed by atoms with Crippen molar-refractivity contribution in [3.8, 4) is 11.1 Å². The summed E-state index contributed by atoms with van der Waals surface area (Å²) in [6.07, 6.45) is -0.895. The number of carboxylic acids is 1. The molecule has 3 aromatic rings. The molecule has 0 spiro atoms. The van der Waals surface area contributed by atoms with Gasteiger partial charge in [0.15, 0.2) is 5.69 Å². The molecule has 4 rings (SSSR count). The number of methoxy groups -OCH3 is 1. The van der Waals surface area contributed by atoms with Crippen molar-refractivity contribution in [3.63, 3.8) is 0 Å². The second-order valence-electron chi connectivity index (χ2n) is 7.81. The molecule has 182 valence electrons. The Bertz CT molecular complexity index is 1210. The molecule has 0 aliphatic heterocycles. The number of carbonyl (C=O) groups excluding carboxylic acids is 2. The molecule has 35 heavy (non-hydrogen) atoms. The summed E-state index contributed by atoms with van der Waals surface area (Å²) in [5.74, 6) is -2.23. The summed E-state index contributed by atoms with van der Waals surface area (Å²) < 4.78 is 11.5. The normalized spacial score (nSPS) is 13.0. The Balaban J connectivity index is 1.41. The van der Waals surface area contributed by atoms with E-state index >= 15 is 0 Å². The Kier molecular flexibility index (Phi) is 7.09. The van der Waals surface area contributed by atoms with Gasteiger partial charge in [-0.25, -0.2) is 15.1 Å². The molecule has 0 bridgehead atoms. The Morgan fingerprint density at radius 2 is 1.71 bits per heavy atom. The number of carboxylic acid groups (broad SMARTS) is 1. The van der Waals surface area contributed by atoms with Crippen molar-refractivity contribution in [1.82, 2.24) is 15.3 Å². The molecular formula is C24H24N4O7. The fraction of sp³-hybridized carbons (Fsp3) is 0.250. The smallest absolute Gasteiger partial charge is 0.411 e. The lowest BCUT2D eigenvalue weighted by Crippen LogP contribution is -2.38. The minimum absolute atomic E-state index is 0.0555. The van der Waals surface area contributed by atoms with Crippen LogP contribution in [0.2, 0.25) is 0 Å². The van der Waals surface area contributed by atoms with E-state index in [4.69, 9.17) is 19.4 Å². The van der Waals surface area contributed by atoms with Crippen molar-refractivity contribution in [3.05, 3.63) is 71.5 Å². The van der Waals surface area contributed by atoms with E-state index in [0.717, 1.165) is 22.3 Å². The van der Waals surface area contributed by atoms with Crippen molar-refractivity contribution in [2.45, 2.75) is 12.0 Å². The number of aromatic nitrogens is 2. The van der Waals surface area contributed by atoms with Crippen molar-refractivity contribution >= 4 is 23.7 Å². The summed E-state index contributed by atoms with van der Waals surface area (Å²) >= 11 is 0. The predicted octanol–water partition coefficient (Wildman–Crippen LogP) is 2.54. The lowest BCUT2D eigenvalue weighted by atomic mass is 9.98. The van der Waals surface area contributed by atoms with Gasteiger partial charge in [0.25, 0.3) is 5.91 Å². The lowest BCUT2D eigenvalue weighted by Gasteiger charge is -2.15. The first-order chi connectivity index (χ1) is 16.9. The third-order valence-electron chi connectivity index (χ3n) is 5.62. The first-order valence-electron chi connectivity index (χ1n) is 10.7. The van der Waals surface area contributed by atoms with Crippen molar-refractivity contribution in [1.29, 1.82) is 0 Å². The Labute approximate surface area is 200 Å². The van der Waals surface area contributed by atoms with Crippen LogP contribution in [-0.2, 0) is 26.2 Å². The van der Waals surface area contributed by atoms with Gasteiger partial charge >= 0.3 is 12.1 Å². The molecule has 1 unspecified atom stereocenters. The number of anilines is 1. The minimum Gasteiger partial charge on any atom is -0.479 e. The zero-order valence-electron chi connectivity index (χ0n) is 19.1. The van der Waals surface area contributed by atoms with Crippen LogP contribution >= 0.6 is 0 Å². The largest absolute Gasteiger partial charge is 0.479 e. The van der Waals surface area contributed by atoms with Crippen LogP contribution in [-0.4, -0.2) is 59.3 Å². The van der Waals surface area contributed by atoms with Gasteiger partial charge in [0.05, 0.1) is 18.5 Å². The maximum Gasteiger partial charge on any atom is 0.411 e. The fourth-order valence-electron chi connectivity index (χ4n) is 4.02. The maximum absolute atomic E-state index is 12.6. The lowest BCUT2D eigenvalue weighted by molar-refractivity contribution is -0.158. The summed E-state index contributed by atoms with van der Waals surface area (Å²) in [7, 11) is 2.79. The van der Waals surface area contributed by atoms with Crippen LogP contribution in [0.3, 0.4) is 0 Å². The zero-order chi connectivity index (χ0) is 24.9. The van der Waals surface area contributed by atoms with Crippen LogP contribution in [0.25, 0.3) is 11.1 Å². The van der Waals surface area contributed by atoms with Crippen molar-refractivity contribution in [2.75, 3.05) is 25.6 Å². The number of carbonyl (C=O) groups is 3. The van der Waals surface area contributed by atoms with Crippen LogP contribution < -0.4 is 10.8 Å². The Morgan fingerprint density at radius 3 is 2.31 bits per heavy atom. The average Bonchev–Trinajstić information content (AvgIpc) is 3.37. The number of rotatable bonds is 9. The Morgan fingerprint density at radius 1 is 1.09 bits per heavy atom.